The fourth-order valence-electron chi connectivity index (χ4n) is 3.98. The highest BCUT2D eigenvalue weighted by atomic mass is 16.6. The molecule has 0 unspecified atom stereocenters. The third kappa shape index (κ3) is 2.92. The van der Waals surface area contributed by atoms with Gasteiger partial charge >= 0.3 is 0 Å². The van der Waals surface area contributed by atoms with E-state index >= 15 is 0 Å². The molecule has 2 saturated heterocycles. The number of rotatable bonds is 3. The Morgan fingerprint density at radius 2 is 2.12 bits per heavy atom. The van der Waals surface area contributed by atoms with Gasteiger partial charge in [0, 0.05) is 13.0 Å². The van der Waals surface area contributed by atoms with Gasteiger partial charge in [-0.3, -0.25) is 4.79 Å². The number of hydrogen-bond donors (Lipinski definition) is 0. The highest BCUT2D eigenvalue weighted by Crippen LogP contribution is 2.43. The molecule has 0 bridgehead atoms. The van der Waals surface area contributed by atoms with Gasteiger partial charge in [-0.05, 0) is 18.1 Å². The topological polar surface area (TPSA) is 64.5 Å². The van der Waals surface area contributed by atoms with Gasteiger partial charge in [0.1, 0.15) is 11.7 Å². The van der Waals surface area contributed by atoms with Gasteiger partial charge in [0.15, 0.2) is 0 Å². The zero-order valence-electron chi connectivity index (χ0n) is 14.2. The van der Waals surface area contributed by atoms with Crippen LogP contribution in [-0.2, 0) is 9.47 Å². The van der Waals surface area contributed by atoms with Crippen molar-refractivity contribution in [3.05, 3.63) is 59.9 Å². The molecule has 0 N–H and O–H groups in total. The van der Waals surface area contributed by atoms with Crippen molar-refractivity contribution < 1.29 is 14.3 Å². The van der Waals surface area contributed by atoms with Gasteiger partial charge in [0.25, 0.3) is 5.91 Å². The molecule has 2 aromatic rings. The standard InChI is InChI=1S/C19H21N3O3/c1-24-17-11-22(18(23)15-7-8-20-21-10-15)13-19(17)9-16(12-25-19)14-5-3-2-4-6-14/h2-8,10,16-17H,9,11-13H2,1H3/t16-,17+,19+/m0/s1. The van der Waals surface area contributed by atoms with E-state index in [-0.39, 0.29) is 12.0 Å². The lowest BCUT2D eigenvalue weighted by Gasteiger charge is -2.28. The molecule has 2 aliphatic heterocycles. The van der Waals surface area contributed by atoms with Crippen LogP contribution < -0.4 is 0 Å². The minimum absolute atomic E-state index is 0.0550. The number of nitrogens with zero attached hydrogens (tertiary/aromatic N) is 3. The molecule has 2 fully saturated rings. The monoisotopic (exact) mass is 339 g/mol. The molecule has 6 heteroatoms. The summed E-state index contributed by atoms with van der Waals surface area (Å²) in [5.41, 5.74) is 1.38. The van der Waals surface area contributed by atoms with Crippen LogP contribution in [0.2, 0.25) is 0 Å². The summed E-state index contributed by atoms with van der Waals surface area (Å²) in [7, 11) is 1.69. The lowest BCUT2D eigenvalue weighted by atomic mass is 9.87. The Morgan fingerprint density at radius 3 is 2.84 bits per heavy atom. The first-order chi connectivity index (χ1) is 12.2. The van der Waals surface area contributed by atoms with Gasteiger partial charge in [0.05, 0.1) is 37.7 Å². The Bertz CT molecular complexity index is 740. The van der Waals surface area contributed by atoms with Crippen LogP contribution in [-0.4, -0.2) is 59.5 Å². The summed E-state index contributed by atoms with van der Waals surface area (Å²) < 4.78 is 11.9. The Labute approximate surface area is 146 Å². The van der Waals surface area contributed by atoms with Crippen LogP contribution in [0.1, 0.15) is 28.3 Å². The van der Waals surface area contributed by atoms with Gasteiger partial charge in [-0.1, -0.05) is 30.3 Å². The van der Waals surface area contributed by atoms with E-state index in [1.165, 1.54) is 18.0 Å². The van der Waals surface area contributed by atoms with Crippen LogP contribution in [0.5, 0.6) is 0 Å². The molecule has 1 aromatic heterocycles. The fourth-order valence-corrected chi connectivity index (χ4v) is 3.98. The Morgan fingerprint density at radius 1 is 1.28 bits per heavy atom. The average molecular weight is 339 g/mol. The quantitative estimate of drug-likeness (QED) is 0.854. The van der Waals surface area contributed by atoms with Crippen LogP contribution in [0.15, 0.2) is 48.8 Å². The van der Waals surface area contributed by atoms with Gasteiger partial charge in [0.2, 0.25) is 0 Å². The molecule has 3 atom stereocenters. The summed E-state index contributed by atoms with van der Waals surface area (Å²) in [5, 5.41) is 7.53. The molecule has 6 nitrogen and oxygen atoms in total. The number of benzene rings is 1. The largest absolute Gasteiger partial charge is 0.377 e. The van der Waals surface area contributed by atoms with Crippen LogP contribution in [0.4, 0.5) is 0 Å². The van der Waals surface area contributed by atoms with E-state index in [2.05, 4.69) is 34.5 Å². The number of hydrogen-bond acceptors (Lipinski definition) is 5. The molecule has 4 rings (SSSR count). The van der Waals surface area contributed by atoms with E-state index in [9.17, 15) is 4.79 Å². The highest BCUT2D eigenvalue weighted by Gasteiger charge is 2.54. The van der Waals surface area contributed by atoms with Crippen molar-refractivity contribution in [2.75, 3.05) is 26.8 Å². The van der Waals surface area contributed by atoms with Crippen molar-refractivity contribution in [1.29, 1.82) is 0 Å². The van der Waals surface area contributed by atoms with Crippen molar-refractivity contribution in [3.63, 3.8) is 0 Å². The Hall–Kier alpha value is -2.31. The Balaban J connectivity index is 1.53. The van der Waals surface area contributed by atoms with E-state index in [1.807, 2.05) is 6.07 Å². The SMILES string of the molecule is CO[C@@H]1CN(C(=O)c2ccnnc2)C[C@]12C[C@H](c1ccccc1)CO2. The predicted octanol–water partition coefficient (Wildman–Crippen LogP) is 1.89. The first kappa shape index (κ1) is 16.2. The van der Waals surface area contributed by atoms with Crippen molar-refractivity contribution in [2.45, 2.75) is 24.0 Å². The third-order valence-corrected chi connectivity index (χ3v) is 5.27. The minimum atomic E-state index is -0.439. The highest BCUT2D eigenvalue weighted by molar-refractivity contribution is 5.94. The first-order valence-corrected chi connectivity index (χ1v) is 8.49. The van der Waals surface area contributed by atoms with Gasteiger partial charge < -0.3 is 14.4 Å². The lowest BCUT2D eigenvalue weighted by molar-refractivity contribution is -0.0755. The maximum atomic E-state index is 12.7. The maximum Gasteiger partial charge on any atom is 0.255 e. The second-order valence-corrected chi connectivity index (χ2v) is 6.73. The number of amides is 1. The predicted molar refractivity (Wildman–Crippen MR) is 91.2 cm³/mol. The van der Waals surface area contributed by atoms with Crippen LogP contribution in [0.25, 0.3) is 0 Å². The summed E-state index contributed by atoms with van der Waals surface area (Å²) in [6.45, 7) is 1.72. The van der Waals surface area contributed by atoms with E-state index in [1.54, 1.807) is 18.1 Å². The summed E-state index contributed by atoms with van der Waals surface area (Å²) in [6.07, 6.45) is 3.76. The molecular formula is C19H21N3O3. The molecule has 3 heterocycles. The van der Waals surface area contributed by atoms with Crippen molar-refractivity contribution in [2.24, 2.45) is 0 Å². The van der Waals surface area contributed by atoms with E-state index < -0.39 is 5.60 Å². The summed E-state index contributed by atoms with van der Waals surface area (Å²) in [4.78, 5) is 14.6. The van der Waals surface area contributed by atoms with E-state index in [0.29, 0.717) is 31.2 Å². The third-order valence-electron chi connectivity index (χ3n) is 5.27. The summed E-state index contributed by atoms with van der Waals surface area (Å²) >= 11 is 0. The molecule has 1 aromatic carbocycles. The van der Waals surface area contributed by atoms with Gasteiger partial charge in [-0.25, -0.2) is 0 Å². The second-order valence-electron chi connectivity index (χ2n) is 6.73. The maximum absolute atomic E-state index is 12.7. The van der Waals surface area contributed by atoms with Crippen molar-refractivity contribution in [3.8, 4) is 0 Å². The smallest absolute Gasteiger partial charge is 0.255 e. The number of methoxy groups -OCH3 is 1. The fraction of sp³-hybridized carbons (Fsp3) is 0.421. The molecule has 0 saturated carbocycles. The number of likely N-dealkylation sites (tertiary alicyclic amines) is 1. The zero-order valence-corrected chi connectivity index (χ0v) is 14.2. The number of ether oxygens (including phenoxy) is 2. The molecule has 25 heavy (non-hydrogen) atoms. The second kappa shape index (κ2) is 6.54. The van der Waals surface area contributed by atoms with Crippen LogP contribution >= 0.6 is 0 Å². The molecular weight excluding hydrogens is 318 g/mol. The molecule has 0 radical (unpaired) electrons. The van der Waals surface area contributed by atoms with E-state index in [4.69, 9.17) is 9.47 Å². The molecule has 1 spiro atoms. The number of carbonyl (C=O) groups excluding carboxylic acids is 1. The summed E-state index contributed by atoms with van der Waals surface area (Å²) in [5.74, 6) is 0.275. The molecule has 0 aliphatic carbocycles. The number of aromatic nitrogens is 2. The van der Waals surface area contributed by atoms with Crippen LogP contribution in [0.3, 0.4) is 0 Å². The Kier molecular flexibility index (Phi) is 4.23. The summed E-state index contributed by atoms with van der Waals surface area (Å²) in [6, 6.07) is 12.1. The molecule has 1 amide bonds. The van der Waals surface area contributed by atoms with E-state index in [0.717, 1.165) is 6.42 Å². The van der Waals surface area contributed by atoms with Crippen molar-refractivity contribution >= 4 is 5.91 Å². The van der Waals surface area contributed by atoms with Gasteiger partial charge in [-0.15, -0.1) is 0 Å². The van der Waals surface area contributed by atoms with Crippen molar-refractivity contribution in [1.82, 2.24) is 15.1 Å². The average Bonchev–Trinajstić information content (AvgIpc) is 3.27. The molecule has 130 valence electrons. The number of carbonyl (C=O) groups is 1. The zero-order chi connectivity index (χ0) is 17.3. The first-order valence-electron chi connectivity index (χ1n) is 8.49. The van der Waals surface area contributed by atoms with Crippen LogP contribution in [0, 0.1) is 0 Å². The minimum Gasteiger partial charge on any atom is -0.377 e. The lowest BCUT2D eigenvalue weighted by Crippen LogP contribution is -2.42. The normalized spacial score (nSPS) is 28.6. The van der Waals surface area contributed by atoms with Gasteiger partial charge in [-0.2, -0.15) is 10.2 Å². The molecule has 2 aliphatic rings.